The Bertz CT molecular complexity index is 750. The third kappa shape index (κ3) is 5.73. The molecule has 1 saturated heterocycles. The third-order valence-electron chi connectivity index (χ3n) is 3.49. The third-order valence-corrected chi connectivity index (χ3v) is 5.11. The van der Waals surface area contributed by atoms with E-state index in [1.807, 2.05) is 20.8 Å². The van der Waals surface area contributed by atoms with E-state index in [-0.39, 0.29) is 24.2 Å². The summed E-state index contributed by atoms with van der Waals surface area (Å²) in [5.41, 5.74) is 1.31. The first-order chi connectivity index (χ1) is 11.8. The Morgan fingerprint density at radius 3 is 2.76 bits per heavy atom. The zero-order valence-electron chi connectivity index (χ0n) is 14.0. The maximum Gasteiger partial charge on any atom is 0.240 e. The number of benzene rings is 1. The molecule has 0 spiro atoms. The SMILES string of the molecule is CC(=N/N=C1\NC(=O)C(CC(=O)Nc2ccc(Cl)cc2Cl)S1)C(C)C. The van der Waals surface area contributed by atoms with Crippen molar-refractivity contribution in [3.63, 3.8) is 0 Å². The molecular formula is C16H18Cl2N4O2S. The molecule has 1 aromatic carbocycles. The largest absolute Gasteiger partial charge is 0.325 e. The van der Waals surface area contributed by atoms with Crippen LogP contribution < -0.4 is 10.6 Å². The molecule has 25 heavy (non-hydrogen) atoms. The van der Waals surface area contributed by atoms with Crippen molar-refractivity contribution in [1.82, 2.24) is 5.32 Å². The van der Waals surface area contributed by atoms with Crippen LogP contribution in [0.3, 0.4) is 0 Å². The molecule has 0 aliphatic carbocycles. The molecule has 1 aliphatic rings. The smallest absolute Gasteiger partial charge is 0.240 e. The number of nitrogens with one attached hydrogen (secondary N) is 2. The molecule has 1 atom stereocenters. The second kappa shape index (κ2) is 8.69. The number of thioether (sulfide) groups is 1. The summed E-state index contributed by atoms with van der Waals surface area (Å²) < 4.78 is 0. The van der Waals surface area contributed by atoms with Gasteiger partial charge in [0.15, 0.2) is 5.17 Å². The first-order valence-electron chi connectivity index (χ1n) is 7.61. The lowest BCUT2D eigenvalue weighted by Gasteiger charge is -2.09. The highest BCUT2D eigenvalue weighted by atomic mass is 35.5. The molecular weight excluding hydrogens is 383 g/mol. The van der Waals surface area contributed by atoms with Crippen molar-refractivity contribution in [2.45, 2.75) is 32.4 Å². The Labute approximate surface area is 160 Å². The minimum Gasteiger partial charge on any atom is -0.325 e. The van der Waals surface area contributed by atoms with Crippen LogP contribution in [-0.4, -0.2) is 27.9 Å². The predicted octanol–water partition coefficient (Wildman–Crippen LogP) is 3.94. The monoisotopic (exact) mass is 400 g/mol. The van der Waals surface area contributed by atoms with E-state index in [1.54, 1.807) is 12.1 Å². The van der Waals surface area contributed by atoms with E-state index < -0.39 is 5.25 Å². The van der Waals surface area contributed by atoms with E-state index in [2.05, 4.69) is 20.8 Å². The van der Waals surface area contributed by atoms with E-state index in [9.17, 15) is 9.59 Å². The van der Waals surface area contributed by atoms with E-state index >= 15 is 0 Å². The van der Waals surface area contributed by atoms with Crippen molar-refractivity contribution in [2.75, 3.05) is 5.32 Å². The first kappa shape index (κ1) is 19.8. The summed E-state index contributed by atoms with van der Waals surface area (Å²) in [7, 11) is 0. The minimum atomic E-state index is -0.556. The fourth-order valence-electron chi connectivity index (χ4n) is 1.79. The second-order valence-electron chi connectivity index (χ2n) is 5.77. The summed E-state index contributed by atoms with van der Waals surface area (Å²) in [4.78, 5) is 24.1. The van der Waals surface area contributed by atoms with Crippen molar-refractivity contribution >= 4 is 63.3 Å². The Hall–Kier alpha value is -1.57. The Kier molecular flexibility index (Phi) is 6.87. The van der Waals surface area contributed by atoms with Gasteiger partial charge >= 0.3 is 0 Å². The van der Waals surface area contributed by atoms with E-state index in [0.717, 1.165) is 5.71 Å². The summed E-state index contributed by atoms with van der Waals surface area (Å²) in [6.07, 6.45) is 0.00134. The summed E-state index contributed by atoms with van der Waals surface area (Å²) in [5, 5.41) is 14.1. The van der Waals surface area contributed by atoms with Crippen LogP contribution in [0, 0.1) is 5.92 Å². The molecule has 134 valence electrons. The maximum absolute atomic E-state index is 12.1. The molecule has 1 heterocycles. The number of rotatable bonds is 5. The first-order valence-corrected chi connectivity index (χ1v) is 9.24. The molecule has 1 aliphatic heterocycles. The van der Waals surface area contributed by atoms with Gasteiger partial charge in [0.25, 0.3) is 0 Å². The highest BCUT2D eigenvalue weighted by Crippen LogP contribution is 2.27. The molecule has 1 aromatic rings. The number of amides is 2. The summed E-state index contributed by atoms with van der Waals surface area (Å²) in [6, 6.07) is 4.77. The van der Waals surface area contributed by atoms with Crippen LogP contribution in [0.5, 0.6) is 0 Å². The van der Waals surface area contributed by atoms with E-state index in [1.165, 1.54) is 17.8 Å². The van der Waals surface area contributed by atoms with Gasteiger partial charge in [-0.2, -0.15) is 5.10 Å². The van der Waals surface area contributed by atoms with Crippen LogP contribution >= 0.6 is 35.0 Å². The van der Waals surface area contributed by atoms with Crippen molar-refractivity contribution in [3.05, 3.63) is 28.2 Å². The molecule has 1 unspecified atom stereocenters. The van der Waals surface area contributed by atoms with Crippen molar-refractivity contribution < 1.29 is 9.59 Å². The van der Waals surface area contributed by atoms with Crippen LogP contribution in [0.2, 0.25) is 10.0 Å². The van der Waals surface area contributed by atoms with Crippen LogP contribution in [0.25, 0.3) is 0 Å². The van der Waals surface area contributed by atoms with Crippen LogP contribution in [-0.2, 0) is 9.59 Å². The van der Waals surface area contributed by atoms with Gasteiger partial charge in [-0.05, 0) is 31.0 Å². The van der Waals surface area contributed by atoms with E-state index in [4.69, 9.17) is 23.2 Å². The second-order valence-corrected chi connectivity index (χ2v) is 7.81. The normalized spacial score (nSPS) is 19.4. The average Bonchev–Trinajstić information content (AvgIpc) is 2.87. The number of hydrogen-bond acceptors (Lipinski definition) is 5. The van der Waals surface area contributed by atoms with E-state index in [0.29, 0.717) is 20.9 Å². The van der Waals surface area contributed by atoms with Gasteiger partial charge in [-0.3, -0.25) is 9.59 Å². The fourth-order valence-corrected chi connectivity index (χ4v) is 3.16. The summed E-state index contributed by atoms with van der Waals surface area (Å²) in [6.45, 7) is 5.89. The molecule has 2 N–H and O–H groups in total. The van der Waals surface area contributed by atoms with Gasteiger partial charge in [0.05, 0.1) is 10.7 Å². The summed E-state index contributed by atoms with van der Waals surface area (Å²) >= 11 is 13.0. The lowest BCUT2D eigenvalue weighted by Crippen LogP contribution is -2.28. The standard InChI is InChI=1S/C16H18Cl2N4O2S/c1-8(2)9(3)21-22-16-20-15(24)13(25-16)7-14(23)19-12-5-4-10(17)6-11(12)18/h4-6,8,13H,7H2,1-3H3,(H,19,23)(H,20,22,24). The molecule has 9 heteroatoms. The minimum absolute atomic E-state index is 0.00134. The molecule has 0 bridgehead atoms. The van der Waals surface area contributed by atoms with Crippen molar-refractivity contribution in [3.8, 4) is 0 Å². The Morgan fingerprint density at radius 1 is 1.40 bits per heavy atom. The quantitative estimate of drug-likeness (QED) is 0.579. The highest BCUT2D eigenvalue weighted by Gasteiger charge is 2.32. The molecule has 0 saturated carbocycles. The van der Waals surface area contributed by atoms with Gasteiger partial charge in [-0.25, -0.2) is 0 Å². The maximum atomic E-state index is 12.1. The number of anilines is 1. The number of halogens is 2. The lowest BCUT2D eigenvalue weighted by molar-refractivity contribution is -0.122. The van der Waals surface area contributed by atoms with Crippen LogP contribution in [0.1, 0.15) is 27.2 Å². The Balaban J connectivity index is 1.96. The number of nitrogens with zero attached hydrogens (tertiary/aromatic N) is 2. The number of carbonyl (C=O) groups excluding carboxylic acids is 2. The van der Waals surface area contributed by atoms with Gasteiger partial charge in [-0.1, -0.05) is 48.8 Å². The van der Waals surface area contributed by atoms with Crippen LogP contribution in [0.15, 0.2) is 28.4 Å². The zero-order valence-corrected chi connectivity index (χ0v) is 16.3. The number of amidine groups is 1. The van der Waals surface area contributed by atoms with Gasteiger partial charge in [-0.15, -0.1) is 5.10 Å². The Morgan fingerprint density at radius 2 is 2.12 bits per heavy atom. The molecule has 2 rings (SSSR count). The average molecular weight is 401 g/mol. The van der Waals surface area contributed by atoms with Crippen LogP contribution in [0.4, 0.5) is 5.69 Å². The molecule has 0 radical (unpaired) electrons. The predicted molar refractivity (Wildman–Crippen MR) is 105 cm³/mol. The van der Waals surface area contributed by atoms with Crippen molar-refractivity contribution in [1.29, 1.82) is 0 Å². The molecule has 6 nitrogen and oxygen atoms in total. The molecule has 2 amide bonds. The zero-order chi connectivity index (χ0) is 18.6. The lowest BCUT2D eigenvalue weighted by atomic mass is 10.1. The van der Waals surface area contributed by atoms with Gasteiger partial charge < -0.3 is 10.6 Å². The fraction of sp³-hybridized carbons (Fsp3) is 0.375. The molecule has 0 aromatic heterocycles. The molecule has 1 fully saturated rings. The van der Waals surface area contributed by atoms with Gasteiger partial charge in [0.2, 0.25) is 11.8 Å². The number of carbonyl (C=O) groups is 2. The van der Waals surface area contributed by atoms with Crippen molar-refractivity contribution in [2.24, 2.45) is 16.1 Å². The number of hydrogen-bond donors (Lipinski definition) is 2. The topological polar surface area (TPSA) is 82.9 Å². The summed E-state index contributed by atoms with van der Waals surface area (Å²) in [5.74, 6) is -0.310. The highest BCUT2D eigenvalue weighted by molar-refractivity contribution is 8.15. The van der Waals surface area contributed by atoms with Gasteiger partial charge in [0.1, 0.15) is 5.25 Å². The van der Waals surface area contributed by atoms with Gasteiger partial charge in [0, 0.05) is 17.2 Å².